The molecule has 0 saturated heterocycles. The van der Waals surface area contributed by atoms with Crippen molar-refractivity contribution in [2.75, 3.05) is 0 Å². The summed E-state index contributed by atoms with van der Waals surface area (Å²) in [5, 5.41) is 8.68. The molecule has 1 N–H and O–H groups in total. The number of nitrogens with zero attached hydrogens (tertiary/aromatic N) is 2. The lowest BCUT2D eigenvalue weighted by Gasteiger charge is -2.26. The molecular formula is C16H16N2O2. The molecule has 4 nitrogen and oxygen atoms in total. The summed E-state index contributed by atoms with van der Waals surface area (Å²) in [6, 6.07) is 6.64. The number of benzene rings is 1. The van der Waals surface area contributed by atoms with E-state index in [2.05, 4.69) is 21.7 Å². The van der Waals surface area contributed by atoms with Crippen LogP contribution in [0.2, 0.25) is 0 Å². The molecule has 1 aliphatic carbocycles. The second-order valence-electron chi connectivity index (χ2n) is 5.11. The standard InChI is InChI=1S/C16H16N2O2/c19-16(20)6-2-12-1-3-13-4-5-15(10-14(13)9-12)18-8-7-17-11-18/h1-3,6-9,11,15H,4-5,10H2,(H,19,20)/b6-2+. The van der Waals surface area contributed by atoms with Gasteiger partial charge in [-0.1, -0.05) is 18.2 Å². The largest absolute Gasteiger partial charge is 0.478 e. The summed E-state index contributed by atoms with van der Waals surface area (Å²) in [7, 11) is 0. The molecule has 4 heteroatoms. The molecule has 0 bridgehead atoms. The van der Waals surface area contributed by atoms with Crippen LogP contribution < -0.4 is 0 Å². The van der Waals surface area contributed by atoms with Crippen LogP contribution in [0.15, 0.2) is 43.0 Å². The Hall–Kier alpha value is -2.36. The third-order valence-corrected chi connectivity index (χ3v) is 3.80. The summed E-state index contributed by atoms with van der Waals surface area (Å²) in [5.74, 6) is -0.918. The van der Waals surface area contributed by atoms with Gasteiger partial charge >= 0.3 is 5.97 Å². The molecule has 0 aliphatic heterocycles. The van der Waals surface area contributed by atoms with Gasteiger partial charge in [0.05, 0.1) is 6.33 Å². The maximum absolute atomic E-state index is 10.6. The molecule has 1 atom stereocenters. The van der Waals surface area contributed by atoms with Gasteiger partial charge in [0.1, 0.15) is 0 Å². The normalized spacial score (nSPS) is 18.1. The predicted octanol–water partition coefficient (Wildman–Crippen LogP) is 2.71. The number of carboxylic acids is 1. The topological polar surface area (TPSA) is 55.1 Å². The van der Waals surface area contributed by atoms with Crippen LogP contribution in [-0.4, -0.2) is 20.6 Å². The highest BCUT2D eigenvalue weighted by molar-refractivity contribution is 5.85. The van der Waals surface area contributed by atoms with E-state index in [0.29, 0.717) is 6.04 Å². The van der Waals surface area contributed by atoms with Crippen molar-refractivity contribution in [2.24, 2.45) is 0 Å². The molecule has 0 amide bonds. The van der Waals surface area contributed by atoms with Gasteiger partial charge in [-0.2, -0.15) is 0 Å². The van der Waals surface area contributed by atoms with Gasteiger partial charge in [-0.15, -0.1) is 0 Å². The Labute approximate surface area is 117 Å². The zero-order valence-electron chi connectivity index (χ0n) is 11.1. The number of rotatable bonds is 3. The fourth-order valence-corrected chi connectivity index (χ4v) is 2.77. The zero-order valence-corrected chi connectivity index (χ0v) is 11.1. The quantitative estimate of drug-likeness (QED) is 0.871. The van der Waals surface area contributed by atoms with Crippen molar-refractivity contribution in [3.05, 3.63) is 59.7 Å². The fraction of sp³-hybridized carbons (Fsp3) is 0.250. The van der Waals surface area contributed by atoms with E-state index in [1.165, 1.54) is 17.2 Å². The second-order valence-corrected chi connectivity index (χ2v) is 5.11. The van der Waals surface area contributed by atoms with E-state index < -0.39 is 5.97 Å². The van der Waals surface area contributed by atoms with E-state index in [0.717, 1.165) is 24.8 Å². The molecule has 3 rings (SSSR count). The lowest BCUT2D eigenvalue weighted by atomic mass is 9.87. The highest BCUT2D eigenvalue weighted by Crippen LogP contribution is 2.29. The Bertz CT molecular complexity index is 645. The monoisotopic (exact) mass is 268 g/mol. The molecule has 20 heavy (non-hydrogen) atoms. The number of aliphatic carboxylic acids is 1. The van der Waals surface area contributed by atoms with Gasteiger partial charge < -0.3 is 9.67 Å². The zero-order chi connectivity index (χ0) is 13.9. The summed E-state index contributed by atoms with van der Waals surface area (Å²) >= 11 is 0. The van der Waals surface area contributed by atoms with Gasteiger partial charge in [0.15, 0.2) is 0 Å². The summed E-state index contributed by atoms with van der Waals surface area (Å²) < 4.78 is 2.16. The van der Waals surface area contributed by atoms with Crippen LogP contribution in [-0.2, 0) is 17.6 Å². The van der Waals surface area contributed by atoms with Crippen molar-refractivity contribution >= 4 is 12.0 Å². The van der Waals surface area contributed by atoms with E-state index in [1.807, 2.05) is 24.8 Å². The SMILES string of the molecule is O=C(O)/C=C/c1ccc2c(c1)CC(n1ccnc1)CC2. The van der Waals surface area contributed by atoms with Crippen molar-refractivity contribution in [2.45, 2.75) is 25.3 Å². The number of aromatic nitrogens is 2. The highest BCUT2D eigenvalue weighted by atomic mass is 16.4. The number of carbonyl (C=O) groups is 1. The van der Waals surface area contributed by atoms with Gasteiger partial charge in [0.25, 0.3) is 0 Å². The Kier molecular flexibility index (Phi) is 3.37. The van der Waals surface area contributed by atoms with Crippen LogP contribution in [0, 0.1) is 0 Å². The number of hydrogen-bond donors (Lipinski definition) is 1. The van der Waals surface area contributed by atoms with E-state index in [9.17, 15) is 4.79 Å². The third kappa shape index (κ3) is 2.64. The number of carboxylic acid groups (broad SMARTS) is 1. The number of fused-ring (bicyclic) bond motifs is 1. The number of imidazole rings is 1. The van der Waals surface area contributed by atoms with Crippen LogP contribution in [0.25, 0.3) is 6.08 Å². The maximum Gasteiger partial charge on any atom is 0.328 e. The van der Waals surface area contributed by atoms with Gasteiger partial charge in [0.2, 0.25) is 0 Å². The fourth-order valence-electron chi connectivity index (χ4n) is 2.77. The first-order valence-electron chi connectivity index (χ1n) is 6.72. The molecular weight excluding hydrogens is 252 g/mol. The molecule has 0 spiro atoms. The van der Waals surface area contributed by atoms with Gasteiger partial charge in [-0.25, -0.2) is 9.78 Å². The molecule has 1 heterocycles. The molecule has 1 unspecified atom stereocenters. The lowest BCUT2D eigenvalue weighted by Crippen LogP contribution is -2.17. The molecule has 0 radical (unpaired) electrons. The van der Waals surface area contributed by atoms with Crippen molar-refractivity contribution in [1.29, 1.82) is 0 Å². The van der Waals surface area contributed by atoms with Gasteiger partial charge in [-0.3, -0.25) is 0 Å². The first kappa shape index (κ1) is 12.7. The number of aryl methyl sites for hydroxylation is 1. The molecule has 0 saturated carbocycles. The minimum Gasteiger partial charge on any atom is -0.478 e. The number of hydrogen-bond acceptors (Lipinski definition) is 2. The average Bonchev–Trinajstić information content (AvgIpc) is 2.98. The van der Waals surface area contributed by atoms with Gasteiger partial charge in [-0.05, 0) is 42.0 Å². The molecule has 0 fully saturated rings. The molecule has 1 aromatic carbocycles. The van der Waals surface area contributed by atoms with E-state index >= 15 is 0 Å². The highest BCUT2D eigenvalue weighted by Gasteiger charge is 2.19. The Morgan fingerprint density at radius 1 is 1.40 bits per heavy atom. The van der Waals surface area contributed by atoms with E-state index in [4.69, 9.17) is 5.11 Å². The minimum absolute atomic E-state index is 0.448. The predicted molar refractivity (Wildman–Crippen MR) is 76.4 cm³/mol. The van der Waals surface area contributed by atoms with E-state index in [-0.39, 0.29) is 0 Å². The van der Waals surface area contributed by atoms with Crippen LogP contribution in [0.1, 0.15) is 29.2 Å². The maximum atomic E-state index is 10.6. The Balaban J connectivity index is 1.84. The van der Waals surface area contributed by atoms with Crippen molar-refractivity contribution in [1.82, 2.24) is 9.55 Å². The molecule has 2 aromatic rings. The third-order valence-electron chi connectivity index (χ3n) is 3.80. The smallest absolute Gasteiger partial charge is 0.328 e. The molecule has 1 aliphatic rings. The summed E-state index contributed by atoms with van der Waals surface area (Å²) in [4.78, 5) is 14.7. The summed E-state index contributed by atoms with van der Waals surface area (Å²) in [6.07, 6.45) is 11.6. The molecule has 102 valence electrons. The second kappa shape index (κ2) is 5.33. The molecule has 1 aromatic heterocycles. The first-order valence-corrected chi connectivity index (χ1v) is 6.72. The van der Waals surface area contributed by atoms with E-state index in [1.54, 1.807) is 6.08 Å². The van der Waals surface area contributed by atoms with Crippen molar-refractivity contribution < 1.29 is 9.90 Å². The lowest BCUT2D eigenvalue weighted by molar-refractivity contribution is -0.131. The van der Waals surface area contributed by atoms with Crippen LogP contribution >= 0.6 is 0 Å². The van der Waals surface area contributed by atoms with Crippen molar-refractivity contribution in [3.63, 3.8) is 0 Å². The van der Waals surface area contributed by atoms with Crippen LogP contribution in [0.3, 0.4) is 0 Å². The average molecular weight is 268 g/mol. The first-order chi connectivity index (χ1) is 9.72. The Morgan fingerprint density at radius 2 is 2.30 bits per heavy atom. The summed E-state index contributed by atoms with van der Waals surface area (Å²) in [5.41, 5.74) is 3.62. The van der Waals surface area contributed by atoms with Crippen molar-refractivity contribution in [3.8, 4) is 0 Å². The van der Waals surface area contributed by atoms with Gasteiger partial charge in [0, 0.05) is 24.5 Å². The van der Waals surface area contributed by atoms with Crippen LogP contribution in [0.4, 0.5) is 0 Å². The van der Waals surface area contributed by atoms with Crippen LogP contribution in [0.5, 0.6) is 0 Å². The summed E-state index contributed by atoms with van der Waals surface area (Å²) in [6.45, 7) is 0. The Morgan fingerprint density at radius 3 is 3.05 bits per heavy atom. The minimum atomic E-state index is -0.918.